The highest BCUT2D eigenvalue weighted by molar-refractivity contribution is 5.22. The van der Waals surface area contributed by atoms with Gasteiger partial charge in [-0.3, -0.25) is 0 Å². The van der Waals surface area contributed by atoms with E-state index >= 15 is 0 Å². The maximum Gasteiger partial charge on any atom is 0.126 e. The maximum atomic E-state index is 14.0. The minimum absolute atomic E-state index is 0.0955. The normalized spacial score (nSPS) is 23.9. The number of hydrogen-bond acceptors (Lipinski definition) is 2. The van der Waals surface area contributed by atoms with Gasteiger partial charge in [-0.05, 0) is 50.8 Å². The summed E-state index contributed by atoms with van der Waals surface area (Å²) in [6, 6.07) is 7.14. The van der Waals surface area contributed by atoms with E-state index in [1.807, 2.05) is 12.1 Å². The van der Waals surface area contributed by atoms with Gasteiger partial charge in [-0.15, -0.1) is 0 Å². The molecule has 0 amide bonds. The first kappa shape index (κ1) is 15.5. The summed E-state index contributed by atoms with van der Waals surface area (Å²) in [6.45, 7) is 6.07. The van der Waals surface area contributed by atoms with E-state index in [1.165, 1.54) is 0 Å². The number of benzene rings is 1. The minimum Gasteiger partial charge on any atom is -0.375 e. The van der Waals surface area contributed by atoms with E-state index in [1.54, 1.807) is 12.1 Å². The molecule has 112 valence electrons. The van der Waals surface area contributed by atoms with Gasteiger partial charge in [0.05, 0.1) is 12.2 Å². The van der Waals surface area contributed by atoms with Gasteiger partial charge in [0.1, 0.15) is 5.82 Å². The molecule has 0 bridgehead atoms. The number of hydrogen-bond donors (Lipinski definition) is 1. The first-order valence-electron chi connectivity index (χ1n) is 7.81. The Kier molecular flexibility index (Phi) is 5.99. The molecule has 0 aliphatic carbocycles. The molecule has 1 aromatic carbocycles. The first-order valence-corrected chi connectivity index (χ1v) is 7.81. The molecule has 1 fully saturated rings. The molecule has 1 saturated heterocycles. The largest absolute Gasteiger partial charge is 0.375 e. The molecule has 2 nitrogen and oxygen atoms in total. The molecule has 2 rings (SSSR count). The molecule has 3 heteroatoms. The first-order chi connectivity index (χ1) is 9.70. The smallest absolute Gasteiger partial charge is 0.126 e. The zero-order chi connectivity index (χ0) is 14.4. The number of nitrogens with one attached hydrogen (secondary N) is 1. The molecule has 3 unspecified atom stereocenters. The molecule has 20 heavy (non-hydrogen) atoms. The van der Waals surface area contributed by atoms with Crippen molar-refractivity contribution in [3.8, 4) is 0 Å². The predicted octanol–water partition coefficient (Wildman–Crippen LogP) is 3.87. The van der Waals surface area contributed by atoms with E-state index in [4.69, 9.17) is 4.74 Å². The lowest BCUT2D eigenvalue weighted by molar-refractivity contribution is 0.0464. The summed E-state index contributed by atoms with van der Waals surface area (Å²) < 4.78 is 19.9. The third-order valence-corrected chi connectivity index (χ3v) is 4.03. The highest BCUT2D eigenvalue weighted by Crippen LogP contribution is 2.30. The maximum absolute atomic E-state index is 14.0. The molecule has 1 aromatic rings. The van der Waals surface area contributed by atoms with Crippen LogP contribution in [0, 0.1) is 5.82 Å². The van der Waals surface area contributed by atoms with Crippen LogP contribution in [-0.4, -0.2) is 25.3 Å². The van der Waals surface area contributed by atoms with Gasteiger partial charge in [-0.25, -0.2) is 4.39 Å². The van der Waals surface area contributed by atoms with Crippen LogP contribution >= 0.6 is 0 Å². The Hall–Kier alpha value is -0.930. The van der Waals surface area contributed by atoms with Crippen molar-refractivity contribution in [1.82, 2.24) is 5.32 Å². The lowest BCUT2D eigenvalue weighted by Crippen LogP contribution is -2.26. The monoisotopic (exact) mass is 279 g/mol. The van der Waals surface area contributed by atoms with Gasteiger partial charge in [-0.2, -0.15) is 0 Å². The third-order valence-electron chi connectivity index (χ3n) is 4.03. The second-order valence-electron chi connectivity index (χ2n) is 5.80. The van der Waals surface area contributed by atoms with Crippen LogP contribution in [0.1, 0.15) is 51.0 Å². The van der Waals surface area contributed by atoms with Crippen LogP contribution in [0.4, 0.5) is 4.39 Å². The Bertz CT molecular complexity index is 410. The van der Waals surface area contributed by atoms with Gasteiger partial charge in [-0.1, -0.05) is 25.1 Å². The summed E-state index contributed by atoms with van der Waals surface area (Å²) in [5.74, 6) is 0.0971. The van der Waals surface area contributed by atoms with E-state index in [-0.39, 0.29) is 17.8 Å². The van der Waals surface area contributed by atoms with Crippen molar-refractivity contribution in [2.45, 2.75) is 57.7 Å². The summed E-state index contributed by atoms with van der Waals surface area (Å²) in [5.41, 5.74) is 0.819. The standard InChI is InChI=1S/C17H26FNO/c1-3-10-19-12-14(11-15-9-8-13(2)20-15)16-6-4-5-7-17(16)18/h4-7,13-15,19H,3,8-12H2,1-2H3. The fourth-order valence-corrected chi connectivity index (χ4v) is 2.96. The van der Waals surface area contributed by atoms with Crippen molar-refractivity contribution in [2.24, 2.45) is 0 Å². The highest BCUT2D eigenvalue weighted by atomic mass is 19.1. The Labute approximate surface area is 121 Å². The molecule has 0 aromatic heterocycles. The van der Waals surface area contributed by atoms with Crippen LogP contribution < -0.4 is 5.32 Å². The number of ether oxygens (including phenoxy) is 1. The van der Waals surface area contributed by atoms with Gasteiger partial charge >= 0.3 is 0 Å². The number of rotatable bonds is 7. The SMILES string of the molecule is CCCNCC(CC1CCC(C)O1)c1ccccc1F. The average molecular weight is 279 g/mol. The molecule has 0 radical (unpaired) electrons. The van der Waals surface area contributed by atoms with Crippen molar-refractivity contribution in [1.29, 1.82) is 0 Å². The van der Waals surface area contributed by atoms with Gasteiger partial charge < -0.3 is 10.1 Å². The summed E-state index contributed by atoms with van der Waals surface area (Å²) in [7, 11) is 0. The number of halogens is 1. The summed E-state index contributed by atoms with van der Waals surface area (Å²) >= 11 is 0. The topological polar surface area (TPSA) is 21.3 Å². The Morgan fingerprint density at radius 2 is 2.15 bits per heavy atom. The van der Waals surface area contributed by atoms with E-state index in [0.717, 1.165) is 44.3 Å². The van der Waals surface area contributed by atoms with Gasteiger partial charge in [0.15, 0.2) is 0 Å². The molecule has 1 aliphatic rings. The molecule has 1 heterocycles. The van der Waals surface area contributed by atoms with Gasteiger partial charge in [0.2, 0.25) is 0 Å². The third kappa shape index (κ3) is 4.29. The van der Waals surface area contributed by atoms with E-state index < -0.39 is 0 Å². The predicted molar refractivity (Wildman–Crippen MR) is 80.5 cm³/mol. The minimum atomic E-state index is -0.0955. The molecule has 1 N–H and O–H groups in total. The van der Waals surface area contributed by atoms with Crippen molar-refractivity contribution >= 4 is 0 Å². The van der Waals surface area contributed by atoms with Crippen molar-refractivity contribution < 1.29 is 9.13 Å². The highest BCUT2D eigenvalue weighted by Gasteiger charge is 2.26. The van der Waals surface area contributed by atoms with Crippen molar-refractivity contribution in [3.63, 3.8) is 0 Å². The average Bonchev–Trinajstić information content (AvgIpc) is 2.84. The zero-order valence-electron chi connectivity index (χ0n) is 12.6. The van der Waals surface area contributed by atoms with Crippen LogP contribution in [-0.2, 0) is 4.74 Å². The lowest BCUT2D eigenvalue weighted by Gasteiger charge is -2.22. The fraction of sp³-hybridized carbons (Fsp3) is 0.647. The van der Waals surface area contributed by atoms with Crippen molar-refractivity contribution in [2.75, 3.05) is 13.1 Å². The summed E-state index contributed by atoms with van der Waals surface area (Å²) in [4.78, 5) is 0. The lowest BCUT2D eigenvalue weighted by atomic mass is 9.91. The molecule has 0 spiro atoms. The second-order valence-corrected chi connectivity index (χ2v) is 5.80. The van der Waals surface area contributed by atoms with Crippen LogP contribution in [0.3, 0.4) is 0 Å². The Balaban J connectivity index is 2.02. The van der Waals surface area contributed by atoms with Crippen LogP contribution in [0.15, 0.2) is 24.3 Å². The summed E-state index contributed by atoms with van der Waals surface area (Å²) in [6.07, 6.45) is 4.85. The van der Waals surface area contributed by atoms with E-state index in [2.05, 4.69) is 19.2 Å². The fourth-order valence-electron chi connectivity index (χ4n) is 2.96. The molecular weight excluding hydrogens is 253 g/mol. The van der Waals surface area contributed by atoms with Crippen LogP contribution in [0.25, 0.3) is 0 Å². The van der Waals surface area contributed by atoms with Gasteiger partial charge in [0.25, 0.3) is 0 Å². The van der Waals surface area contributed by atoms with E-state index in [0.29, 0.717) is 6.10 Å². The van der Waals surface area contributed by atoms with Crippen LogP contribution in [0.2, 0.25) is 0 Å². The molecule has 0 saturated carbocycles. The Morgan fingerprint density at radius 3 is 2.80 bits per heavy atom. The molecule has 1 aliphatic heterocycles. The molecular formula is C17H26FNO. The Morgan fingerprint density at radius 1 is 1.35 bits per heavy atom. The summed E-state index contributed by atoms with van der Waals surface area (Å²) in [5, 5.41) is 3.42. The van der Waals surface area contributed by atoms with E-state index in [9.17, 15) is 4.39 Å². The zero-order valence-corrected chi connectivity index (χ0v) is 12.6. The van der Waals surface area contributed by atoms with Crippen molar-refractivity contribution in [3.05, 3.63) is 35.6 Å². The van der Waals surface area contributed by atoms with Gasteiger partial charge in [0, 0.05) is 12.5 Å². The van der Waals surface area contributed by atoms with Crippen LogP contribution in [0.5, 0.6) is 0 Å². The molecule has 3 atom stereocenters. The second kappa shape index (κ2) is 7.75. The quantitative estimate of drug-likeness (QED) is 0.765.